The number of carbonyl (C=O) groups is 1. The number of allylic oxidation sites excluding steroid dienone is 2. The van der Waals surface area contributed by atoms with E-state index in [0.29, 0.717) is 11.3 Å². The second kappa shape index (κ2) is 6.41. The number of carbonyl (C=O) groups excluding carboxylic acids is 1. The topological polar surface area (TPSA) is 72.8 Å². The molecule has 0 fully saturated rings. The molecule has 0 saturated carbocycles. The molecule has 0 aliphatic heterocycles. The molecule has 8 heteroatoms. The molecule has 2 rings (SSSR count). The van der Waals surface area contributed by atoms with Crippen LogP contribution in [0.4, 0.5) is 0 Å². The average molecular weight is 437 g/mol. The Morgan fingerprint density at radius 2 is 1.76 bits per heavy atom. The van der Waals surface area contributed by atoms with Gasteiger partial charge in [-0.05, 0) is 30.7 Å². The minimum absolute atomic E-state index is 0.0171. The minimum Gasteiger partial charge on any atom is -0.293 e. The summed E-state index contributed by atoms with van der Waals surface area (Å²) < 4.78 is 28.6. The van der Waals surface area contributed by atoms with Crippen LogP contribution in [0.3, 0.4) is 0 Å². The number of ketones is 1. The van der Waals surface area contributed by atoms with Gasteiger partial charge in [-0.25, -0.2) is 0 Å². The summed E-state index contributed by atoms with van der Waals surface area (Å²) >= 11 is 6.54. The van der Waals surface area contributed by atoms with E-state index in [2.05, 4.69) is 37.0 Å². The van der Waals surface area contributed by atoms with Crippen molar-refractivity contribution in [2.24, 2.45) is 5.16 Å². The van der Waals surface area contributed by atoms with E-state index >= 15 is 0 Å². The fourth-order valence-corrected chi connectivity index (χ4v) is 3.52. The van der Waals surface area contributed by atoms with Crippen molar-refractivity contribution in [1.29, 1.82) is 0 Å². The van der Waals surface area contributed by atoms with Crippen LogP contribution in [0.5, 0.6) is 0 Å². The number of nitrogens with zero attached hydrogens (tertiary/aromatic N) is 1. The predicted molar refractivity (Wildman–Crippen MR) is 86.3 cm³/mol. The average Bonchev–Trinajstić information content (AvgIpc) is 2.48. The van der Waals surface area contributed by atoms with Crippen molar-refractivity contribution in [3.8, 4) is 0 Å². The zero-order chi connectivity index (χ0) is 15.6. The van der Waals surface area contributed by atoms with E-state index in [4.69, 9.17) is 4.28 Å². The third kappa shape index (κ3) is 3.61. The number of hydrogen-bond donors (Lipinski definition) is 0. The molecule has 0 amide bonds. The summed E-state index contributed by atoms with van der Waals surface area (Å²) in [4.78, 5) is 10.8. The van der Waals surface area contributed by atoms with Crippen LogP contribution in [-0.4, -0.2) is 29.6 Å². The highest BCUT2D eigenvalue weighted by atomic mass is 79.9. The summed E-state index contributed by atoms with van der Waals surface area (Å²) in [5, 5.41) is 3.67. The fraction of sp³-hybridized carbons (Fsp3) is 0.231. The van der Waals surface area contributed by atoms with E-state index in [0.717, 1.165) is 0 Å². The van der Waals surface area contributed by atoms with Crippen molar-refractivity contribution in [2.75, 3.05) is 0 Å². The van der Waals surface area contributed by atoms with Gasteiger partial charge in [0.25, 0.3) is 0 Å². The Labute approximate surface area is 139 Å². The predicted octanol–water partition coefficient (Wildman–Crippen LogP) is 2.80. The fourth-order valence-electron chi connectivity index (χ4n) is 1.67. The Balaban J connectivity index is 2.27. The van der Waals surface area contributed by atoms with Crippen LogP contribution in [0.1, 0.15) is 6.92 Å². The van der Waals surface area contributed by atoms with Crippen LogP contribution in [0.25, 0.3) is 0 Å². The monoisotopic (exact) mass is 435 g/mol. The van der Waals surface area contributed by atoms with Crippen LogP contribution in [0.15, 0.2) is 52.0 Å². The summed E-state index contributed by atoms with van der Waals surface area (Å²) in [7, 11) is -3.97. The first-order chi connectivity index (χ1) is 9.83. The Morgan fingerprint density at radius 3 is 2.38 bits per heavy atom. The van der Waals surface area contributed by atoms with Crippen molar-refractivity contribution in [3.05, 3.63) is 42.0 Å². The van der Waals surface area contributed by atoms with Gasteiger partial charge >= 0.3 is 10.1 Å². The maximum Gasteiger partial charge on any atom is 0.358 e. The van der Waals surface area contributed by atoms with Crippen molar-refractivity contribution >= 4 is 53.5 Å². The second-order valence-corrected chi connectivity index (χ2v) is 7.85. The molecule has 1 aliphatic rings. The summed E-state index contributed by atoms with van der Waals surface area (Å²) in [6, 6.07) is 7.72. The normalized spacial score (nSPS) is 24.8. The lowest BCUT2D eigenvalue weighted by molar-refractivity contribution is -0.114. The van der Waals surface area contributed by atoms with Crippen LogP contribution >= 0.6 is 31.9 Å². The van der Waals surface area contributed by atoms with Gasteiger partial charge in [-0.2, -0.15) is 8.42 Å². The molecule has 2 atom stereocenters. The Hall–Kier alpha value is -0.990. The van der Waals surface area contributed by atoms with Crippen molar-refractivity contribution in [1.82, 2.24) is 0 Å². The minimum atomic E-state index is -3.97. The Morgan fingerprint density at radius 1 is 1.14 bits per heavy atom. The number of halogens is 2. The van der Waals surface area contributed by atoms with Gasteiger partial charge in [0, 0.05) is 0 Å². The van der Waals surface area contributed by atoms with Gasteiger partial charge in [0.2, 0.25) is 0 Å². The summed E-state index contributed by atoms with van der Waals surface area (Å²) in [6.45, 7) is 1.64. The van der Waals surface area contributed by atoms with Crippen molar-refractivity contribution < 1.29 is 17.5 Å². The summed E-state index contributed by atoms with van der Waals surface area (Å²) in [6.07, 6.45) is 1.50. The Bertz CT molecular complexity index is 713. The molecule has 1 aliphatic carbocycles. The van der Waals surface area contributed by atoms with Gasteiger partial charge in [-0.1, -0.05) is 55.2 Å². The first-order valence-corrected chi connectivity index (χ1v) is 9.14. The lowest BCUT2D eigenvalue weighted by Gasteiger charge is -2.21. The lowest BCUT2D eigenvalue weighted by Crippen LogP contribution is -2.35. The highest BCUT2D eigenvalue weighted by Gasteiger charge is 2.33. The highest BCUT2D eigenvalue weighted by Crippen LogP contribution is 2.26. The molecule has 0 aromatic heterocycles. The number of Topliss-reactive ketones (excluding diaryl/α,β-unsaturated/α-hetero) is 1. The van der Waals surface area contributed by atoms with Gasteiger partial charge < -0.3 is 0 Å². The van der Waals surface area contributed by atoms with Gasteiger partial charge in [-0.15, -0.1) is 0 Å². The van der Waals surface area contributed by atoms with E-state index in [-0.39, 0.29) is 10.7 Å². The summed E-state index contributed by atoms with van der Waals surface area (Å²) in [5.41, 5.74) is 0.806. The zero-order valence-corrected chi connectivity index (χ0v) is 14.9. The van der Waals surface area contributed by atoms with Crippen molar-refractivity contribution in [2.45, 2.75) is 21.5 Å². The number of hydrogen-bond acceptors (Lipinski definition) is 5. The van der Waals surface area contributed by atoms with Crippen LogP contribution in [0.2, 0.25) is 0 Å². The van der Waals surface area contributed by atoms with E-state index in [9.17, 15) is 13.2 Å². The molecule has 1 aromatic rings. The van der Waals surface area contributed by atoms with Crippen LogP contribution in [0, 0.1) is 0 Å². The van der Waals surface area contributed by atoms with Crippen molar-refractivity contribution in [3.63, 3.8) is 0 Å². The Kier molecular flexibility index (Phi) is 5.00. The van der Waals surface area contributed by atoms with Gasteiger partial charge in [0.1, 0.15) is 4.90 Å². The van der Waals surface area contributed by atoms with Crippen LogP contribution in [-0.2, 0) is 19.2 Å². The smallest absolute Gasteiger partial charge is 0.293 e. The van der Waals surface area contributed by atoms with Gasteiger partial charge in [0.15, 0.2) is 5.78 Å². The van der Waals surface area contributed by atoms with E-state index < -0.39 is 19.8 Å². The standard InChI is InChI=1S/C13H11Br2NO4S/c1-8-7-10(11(14)12(15)13(8)17)16-20-21(18,19)9-5-3-2-4-6-9/h2-7,11-12H,1H3. The highest BCUT2D eigenvalue weighted by molar-refractivity contribution is 9.12. The largest absolute Gasteiger partial charge is 0.358 e. The molecular formula is C13H11Br2NO4S. The number of rotatable bonds is 3. The molecule has 5 nitrogen and oxygen atoms in total. The third-order valence-electron chi connectivity index (χ3n) is 2.82. The second-order valence-electron chi connectivity index (χ2n) is 4.35. The molecule has 0 N–H and O–H groups in total. The quantitative estimate of drug-likeness (QED) is 0.539. The molecule has 0 radical (unpaired) electrons. The first-order valence-electron chi connectivity index (χ1n) is 5.90. The number of oxime groups is 1. The maximum absolute atomic E-state index is 12.0. The number of benzene rings is 1. The zero-order valence-electron chi connectivity index (χ0n) is 10.9. The van der Waals surface area contributed by atoms with Gasteiger partial charge in [-0.3, -0.25) is 9.08 Å². The third-order valence-corrected chi connectivity index (χ3v) is 6.59. The molecule has 21 heavy (non-hydrogen) atoms. The van der Waals surface area contributed by atoms with E-state index in [1.54, 1.807) is 25.1 Å². The molecule has 0 saturated heterocycles. The molecule has 112 valence electrons. The molecule has 2 unspecified atom stereocenters. The first kappa shape index (κ1) is 16.4. The molecular weight excluding hydrogens is 426 g/mol. The lowest BCUT2D eigenvalue weighted by atomic mass is 9.98. The van der Waals surface area contributed by atoms with E-state index in [1.165, 1.54) is 18.2 Å². The SMILES string of the molecule is CC1=CC(=NOS(=O)(=O)c2ccccc2)C(Br)C(Br)C1=O. The summed E-state index contributed by atoms with van der Waals surface area (Å²) in [5.74, 6) is -0.0817. The molecule has 0 heterocycles. The number of alkyl halides is 2. The van der Waals surface area contributed by atoms with Gasteiger partial charge in [0.05, 0.1) is 15.4 Å². The molecule has 0 spiro atoms. The molecule has 1 aromatic carbocycles. The van der Waals surface area contributed by atoms with Crippen LogP contribution < -0.4 is 0 Å². The van der Waals surface area contributed by atoms with E-state index in [1.807, 2.05) is 0 Å². The molecule has 0 bridgehead atoms. The maximum atomic E-state index is 12.0.